The molecule has 0 spiro atoms. The molecule has 6 heteroatoms. The Hall–Kier alpha value is -2.83. The quantitative estimate of drug-likeness (QED) is 0.663. The van der Waals surface area contributed by atoms with Crippen molar-refractivity contribution in [1.29, 1.82) is 0 Å². The number of carbonyl (C=O) groups excluding carboxylic acids is 1. The highest BCUT2D eigenvalue weighted by molar-refractivity contribution is 5.86. The van der Waals surface area contributed by atoms with Gasteiger partial charge in [0.05, 0.1) is 0 Å². The van der Waals surface area contributed by atoms with Gasteiger partial charge < -0.3 is 5.32 Å². The molecule has 3 aromatic rings. The third-order valence-electron chi connectivity index (χ3n) is 4.89. The van der Waals surface area contributed by atoms with E-state index >= 15 is 0 Å². The minimum atomic E-state index is -0.665. The second kappa shape index (κ2) is 7.42. The Balaban J connectivity index is 1.42. The van der Waals surface area contributed by atoms with Gasteiger partial charge in [-0.2, -0.15) is 0 Å². The van der Waals surface area contributed by atoms with Gasteiger partial charge >= 0.3 is 0 Å². The summed E-state index contributed by atoms with van der Waals surface area (Å²) in [5.74, 6) is -1.53. The predicted molar refractivity (Wildman–Crippen MR) is 99.6 cm³/mol. The van der Waals surface area contributed by atoms with Crippen LogP contribution in [0.1, 0.15) is 23.6 Å². The van der Waals surface area contributed by atoms with Crippen molar-refractivity contribution in [2.75, 3.05) is 0 Å². The summed E-state index contributed by atoms with van der Waals surface area (Å²) in [4.78, 5) is 12.4. The molecule has 4 rings (SSSR count). The van der Waals surface area contributed by atoms with Crippen LogP contribution < -0.4 is 16.2 Å². The van der Waals surface area contributed by atoms with E-state index in [9.17, 15) is 13.6 Å². The molecule has 1 saturated heterocycles. The highest BCUT2D eigenvalue weighted by Gasteiger charge is 2.30. The topological polar surface area (TPSA) is 53.2 Å². The van der Waals surface area contributed by atoms with Crippen LogP contribution >= 0.6 is 0 Å². The lowest BCUT2D eigenvalue weighted by atomic mass is 9.96. The van der Waals surface area contributed by atoms with Gasteiger partial charge in [-0.15, -0.1) is 0 Å². The van der Waals surface area contributed by atoms with Crippen LogP contribution in [0, 0.1) is 11.6 Å². The summed E-state index contributed by atoms with van der Waals surface area (Å²) in [5, 5.41) is 5.00. The van der Waals surface area contributed by atoms with E-state index in [0.717, 1.165) is 22.4 Å². The van der Waals surface area contributed by atoms with Gasteiger partial charge in [0.15, 0.2) is 0 Å². The van der Waals surface area contributed by atoms with E-state index in [4.69, 9.17) is 0 Å². The number of hydrogen-bond acceptors (Lipinski definition) is 3. The molecule has 1 fully saturated rings. The summed E-state index contributed by atoms with van der Waals surface area (Å²) in [6.45, 7) is 0.0159. The fourth-order valence-corrected chi connectivity index (χ4v) is 3.46. The van der Waals surface area contributed by atoms with Crippen LogP contribution in [0.4, 0.5) is 8.78 Å². The fraction of sp³-hybridized carbons (Fsp3) is 0.190. The number of amides is 1. The molecular weight excluding hydrogens is 348 g/mol. The normalized spacial score (nSPS) is 19.3. The Morgan fingerprint density at radius 3 is 2.70 bits per heavy atom. The van der Waals surface area contributed by atoms with E-state index in [1.807, 2.05) is 18.2 Å². The first-order valence-electron chi connectivity index (χ1n) is 8.82. The van der Waals surface area contributed by atoms with E-state index in [1.165, 1.54) is 12.1 Å². The van der Waals surface area contributed by atoms with Crippen molar-refractivity contribution in [2.45, 2.75) is 25.0 Å². The third kappa shape index (κ3) is 3.67. The van der Waals surface area contributed by atoms with Crippen molar-refractivity contribution in [3.8, 4) is 0 Å². The zero-order chi connectivity index (χ0) is 18.8. The lowest BCUT2D eigenvalue weighted by Crippen LogP contribution is -2.43. The summed E-state index contributed by atoms with van der Waals surface area (Å²) >= 11 is 0. The average Bonchev–Trinajstić information content (AvgIpc) is 3.17. The maximum atomic E-state index is 13.7. The SMILES string of the molecule is O=C(NCc1ccc(F)cc1F)C1CC(c2cccc3ccccc23)NN1. The van der Waals surface area contributed by atoms with Crippen LogP contribution in [0.2, 0.25) is 0 Å². The molecule has 1 aliphatic rings. The number of fused-ring (bicyclic) bond motifs is 1. The summed E-state index contributed by atoms with van der Waals surface area (Å²) in [6, 6.07) is 17.1. The van der Waals surface area contributed by atoms with Gasteiger partial charge in [0.1, 0.15) is 17.7 Å². The highest BCUT2D eigenvalue weighted by Crippen LogP contribution is 2.29. The molecule has 0 aliphatic carbocycles. The number of nitrogens with one attached hydrogen (secondary N) is 3. The van der Waals surface area contributed by atoms with Crippen LogP contribution in [0.3, 0.4) is 0 Å². The molecule has 3 N–H and O–H groups in total. The monoisotopic (exact) mass is 367 g/mol. The molecule has 1 aliphatic heterocycles. The van der Waals surface area contributed by atoms with Crippen molar-refractivity contribution < 1.29 is 13.6 Å². The van der Waals surface area contributed by atoms with E-state index in [2.05, 4.69) is 40.4 Å². The lowest BCUT2D eigenvalue weighted by molar-refractivity contribution is -0.123. The number of carbonyl (C=O) groups is 1. The van der Waals surface area contributed by atoms with Gasteiger partial charge in [-0.1, -0.05) is 48.5 Å². The molecule has 0 radical (unpaired) electrons. The van der Waals surface area contributed by atoms with Crippen molar-refractivity contribution >= 4 is 16.7 Å². The van der Waals surface area contributed by atoms with Crippen LogP contribution in [0.5, 0.6) is 0 Å². The second-order valence-electron chi connectivity index (χ2n) is 6.65. The molecule has 0 aromatic heterocycles. The largest absolute Gasteiger partial charge is 0.351 e. The van der Waals surface area contributed by atoms with Gasteiger partial charge in [-0.05, 0) is 28.8 Å². The molecule has 0 saturated carbocycles. The lowest BCUT2D eigenvalue weighted by Gasteiger charge is -2.13. The van der Waals surface area contributed by atoms with Gasteiger partial charge in [0, 0.05) is 24.2 Å². The van der Waals surface area contributed by atoms with Gasteiger partial charge in [0.2, 0.25) is 5.91 Å². The fourth-order valence-electron chi connectivity index (χ4n) is 3.46. The molecule has 138 valence electrons. The predicted octanol–water partition coefficient (Wildman–Crippen LogP) is 3.34. The first-order chi connectivity index (χ1) is 13.1. The molecule has 1 amide bonds. The van der Waals surface area contributed by atoms with Gasteiger partial charge in [-0.3, -0.25) is 4.79 Å². The number of hydrogen-bond donors (Lipinski definition) is 3. The third-order valence-corrected chi connectivity index (χ3v) is 4.89. The molecule has 2 unspecified atom stereocenters. The zero-order valence-electron chi connectivity index (χ0n) is 14.5. The van der Waals surface area contributed by atoms with E-state index < -0.39 is 17.7 Å². The smallest absolute Gasteiger partial charge is 0.238 e. The molecule has 4 nitrogen and oxygen atoms in total. The van der Waals surface area contributed by atoms with E-state index in [-0.39, 0.29) is 24.1 Å². The van der Waals surface area contributed by atoms with Gasteiger partial charge in [-0.25, -0.2) is 19.6 Å². The Labute approximate surface area is 155 Å². The summed E-state index contributed by atoms with van der Waals surface area (Å²) in [7, 11) is 0. The number of halogens is 2. The summed E-state index contributed by atoms with van der Waals surface area (Å²) in [6.07, 6.45) is 0.575. The van der Waals surface area contributed by atoms with Crippen LogP contribution in [0.25, 0.3) is 10.8 Å². The van der Waals surface area contributed by atoms with Crippen molar-refractivity contribution in [3.63, 3.8) is 0 Å². The second-order valence-corrected chi connectivity index (χ2v) is 6.65. The minimum absolute atomic E-state index is 0.00518. The Morgan fingerprint density at radius 2 is 1.85 bits per heavy atom. The molecule has 1 heterocycles. The molecule has 2 atom stereocenters. The molecule has 3 aromatic carbocycles. The van der Waals surface area contributed by atoms with Crippen molar-refractivity contribution in [2.24, 2.45) is 0 Å². The molecular formula is C21H19F2N3O. The van der Waals surface area contributed by atoms with Crippen LogP contribution in [0.15, 0.2) is 60.7 Å². The van der Waals surface area contributed by atoms with E-state index in [0.29, 0.717) is 6.42 Å². The average molecular weight is 367 g/mol. The number of rotatable bonds is 4. The standard InChI is InChI=1S/C21H19F2N3O/c22-15-9-8-14(18(23)10-15)12-24-21(27)20-11-19(25-26-20)17-7-3-5-13-4-1-2-6-16(13)17/h1-10,19-20,25-26H,11-12H2,(H,24,27). The Morgan fingerprint density at radius 1 is 1.04 bits per heavy atom. The summed E-state index contributed by atoms with van der Waals surface area (Å²) in [5.41, 5.74) is 7.57. The minimum Gasteiger partial charge on any atom is -0.351 e. The molecule has 27 heavy (non-hydrogen) atoms. The van der Waals surface area contributed by atoms with Crippen LogP contribution in [-0.4, -0.2) is 11.9 Å². The maximum Gasteiger partial charge on any atom is 0.238 e. The Bertz CT molecular complexity index is 987. The summed E-state index contributed by atoms with van der Waals surface area (Å²) < 4.78 is 26.7. The van der Waals surface area contributed by atoms with Gasteiger partial charge in [0.25, 0.3) is 0 Å². The van der Waals surface area contributed by atoms with Crippen LogP contribution in [-0.2, 0) is 11.3 Å². The zero-order valence-corrected chi connectivity index (χ0v) is 14.5. The van der Waals surface area contributed by atoms with E-state index in [1.54, 1.807) is 0 Å². The Kier molecular flexibility index (Phi) is 4.83. The number of hydrazine groups is 1. The first-order valence-corrected chi connectivity index (χ1v) is 8.82. The highest BCUT2D eigenvalue weighted by atomic mass is 19.1. The van der Waals surface area contributed by atoms with Crippen molar-refractivity contribution in [1.82, 2.24) is 16.2 Å². The first kappa shape index (κ1) is 17.6. The molecule has 0 bridgehead atoms. The number of benzene rings is 3. The maximum absolute atomic E-state index is 13.7. The van der Waals surface area contributed by atoms with Crippen molar-refractivity contribution in [3.05, 3.63) is 83.4 Å².